The second kappa shape index (κ2) is 12.5. The molecule has 5 amide bonds. The number of nitrogens with zero attached hydrogens (tertiary/aromatic N) is 1. The predicted molar refractivity (Wildman–Crippen MR) is 118 cm³/mol. The number of hydrogen-bond acceptors (Lipinski definition) is 6. The number of nitrogens with one attached hydrogen (secondary N) is 3. The molecule has 0 aromatic carbocycles. The number of thioether (sulfide) groups is 1. The number of unbranched alkanes of at least 4 members (excludes halogenated alkanes) is 3. The van der Waals surface area contributed by atoms with Crippen LogP contribution in [0.2, 0.25) is 0 Å². The van der Waals surface area contributed by atoms with Gasteiger partial charge in [0.2, 0.25) is 11.8 Å². The molecule has 1 unspecified atom stereocenters. The highest BCUT2D eigenvalue weighted by atomic mass is 127. The largest absolute Gasteiger partial charge is 0.368 e. The summed E-state index contributed by atoms with van der Waals surface area (Å²) >= 11 is 3.35. The lowest BCUT2D eigenvalue weighted by Gasteiger charge is -2.22. The van der Waals surface area contributed by atoms with Crippen LogP contribution < -0.4 is 21.7 Å². The van der Waals surface area contributed by atoms with Crippen molar-refractivity contribution in [1.29, 1.82) is 0 Å². The summed E-state index contributed by atoms with van der Waals surface area (Å²) in [6.07, 6.45) is 4.56. The molecule has 160 valence electrons. The fourth-order valence-corrected chi connectivity index (χ4v) is 4.30. The molecule has 9 nitrogen and oxygen atoms in total. The first-order chi connectivity index (χ1) is 13.1. The topological polar surface area (TPSA) is 134 Å². The molecule has 1 heterocycles. The fraction of sp³-hybridized carbons (Fsp3) is 0.765. The van der Waals surface area contributed by atoms with Crippen LogP contribution in [0, 0.1) is 0 Å². The third-order valence-corrected chi connectivity index (χ3v) is 6.55. The molecule has 1 saturated heterocycles. The number of carbonyl (C=O) groups is 4. The number of urea groups is 1. The molecule has 0 saturated carbocycles. The number of halogens is 1. The lowest BCUT2D eigenvalue weighted by Crippen LogP contribution is -2.56. The number of carbonyl (C=O) groups excluding carboxylic acids is 4. The molecule has 0 aromatic rings. The van der Waals surface area contributed by atoms with E-state index in [0.29, 0.717) is 19.5 Å². The van der Waals surface area contributed by atoms with Crippen molar-refractivity contribution in [2.75, 3.05) is 25.4 Å². The highest BCUT2D eigenvalue weighted by Crippen LogP contribution is 2.28. The van der Waals surface area contributed by atoms with Crippen molar-refractivity contribution >= 4 is 58.4 Å². The Morgan fingerprint density at radius 1 is 1.18 bits per heavy atom. The summed E-state index contributed by atoms with van der Waals surface area (Å²) < 4.78 is 1.19. The van der Waals surface area contributed by atoms with Gasteiger partial charge in [-0.05, 0) is 39.0 Å². The molecular weight excluding hydrogens is 497 g/mol. The summed E-state index contributed by atoms with van der Waals surface area (Å²) in [5.74, 6) is 0.120. The molecular formula is C17H30IN5O4S. The van der Waals surface area contributed by atoms with E-state index in [2.05, 4.69) is 16.0 Å². The van der Waals surface area contributed by atoms with Gasteiger partial charge >= 0.3 is 6.03 Å². The van der Waals surface area contributed by atoms with E-state index in [1.165, 1.54) is 3.11 Å². The molecule has 0 aliphatic carbocycles. The van der Waals surface area contributed by atoms with Crippen molar-refractivity contribution < 1.29 is 19.2 Å². The third kappa shape index (κ3) is 8.95. The van der Waals surface area contributed by atoms with Gasteiger partial charge in [0, 0.05) is 19.5 Å². The molecule has 0 aromatic heterocycles. The second-order valence-corrected chi connectivity index (χ2v) is 9.39. The Bertz CT molecular complexity index is 576. The zero-order valence-corrected chi connectivity index (χ0v) is 19.4. The maximum atomic E-state index is 11.8. The second-order valence-electron chi connectivity index (χ2n) is 7.11. The van der Waals surface area contributed by atoms with Crippen LogP contribution in [0.4, 0.5) is 4.79 Å². The zero-order chi connectivity index (χ0) is 21.2. The van der Waals surface area contributed by atoms with Crippen LogP contribution >= 0.6 is 34.6 Å². The third-order valence-electron chi connectivity index (χ3n) is 4.24. The van der Waals surface area contributed by atoms with Crippen molar-refractivity contribution in [1.82, 2.24) is 19.1 Å². The zero-order valence-electron chi connectivity index (χ0n) is 16.4. The molecule has 1 rings (SSSR count). The van der Waals surface area contributed by atoms with E-state index in [0.717, 1.165) is 38.0 Å². The van der Waals surface area contributed by atoms with Crippen molar-refractivity contribution in [3.05, 3.63) is 0 Å². The van der Waals surface area contributed by atoms with Crippen molar-refractivity contribution in [2.45, 2.75) is 56.7 Å². The van der Waals surface area contributed by atoms with E-state index in [-0.39, 0.29) is 17.1 Å². The van der Waals surface area contributed by atoms with E-state index >= 15 is 0 Å². The minimum atomic E-state index is -1.08. The average Bonchev–Trinajstić information content (AvgIpc) is 2.86. The van der Waals surface area contributed by atoms with Crippen LogP contribution in [0.3, 0.4) is 0 Å². The smallest absolute Gasteiger partial charge is 0.315 e. The first-order valence-corrected chi connectivity index (χ1v) is 11.4. The highest BCUT2D eigenvalue weighted by molar-refractivity contribution is 14.1. The molecule has 0 bridgehead atoms. The molecule has 1 atom stereocenters. The number of primary amides is 1. The van der Waals surface area contributed by atoms with E-state index in [1.807, 2.05) is 0 Å². The van der Waals surface area contributed by atoms with Crippen LogP contribution in [0.5, 0.6) is 0 Å². The number of amides is 5. The molecule has 1 aliphatic heterocycles. The minimum Gasteiger partial charge on any atom is -0.368 e. The van der Waals surface area contributed by atoms with Gasteiger partial charge in [-0.1, -0.05) is 12.8 Å². The summed E-state index contributed by atoms with van der Waals surface area (Å²) in [4.78, 5) is 46.0. The van der Waals surface area contributed by atoms with Gasteiger partial charge in [-0.15, -0.1) is 11.8 Å². The molecule has 11 heteroatoms. The average molecular weight is 527 g/mol. The lowest BCUT2D eigenvalue weighted by molar-refractivity contribution is -0.130. The van der Waals surface area contributed by atoms with Gasteiger partial charge in [-0.25, -0.2) is 7.91 Å². The minimum absolute atomic E-state index is 0.0831. The summed E-state index contributed by atoms with van der Waals surface area (Å²) in [6, 6.07) is -0.420. The standard InChI is InChI=1S/C17H30IN5O4S/c1-17(2,15(19)26)22-16(27)21-9-8-20-7-5-3-4-6-10-28-12-11-13(24)23(18)14(12)25/h12,20H,3-11H2,1-2H3,(H2,19,26)(H2,21,22,27). The predicted octanol–water partition coefficient (Wildman–Crippen LogP) is 0.910. The van der Waals surface area contributed by atoms with Gasteiger partial charge < -0.3 is 21.7 Å². The molecule has 0 radical (unpaired) electrons. The van der Waals surface area contributed by atoms with E-state index in [9.17, 15) is 19.2 Å². The van der Waals surface area contributed by atoms with Crippen LogP contribution in [-0.4, -0.2) is 63.0 Å². The molecule has 5 N–H and O–H groups in total. The highest BCUT2D eigenvalue weighted by Gasteiger charge is 2.37. The number of hydrogen-bond donors (Lipinski definition) is 4. The van der Waals surface area contributed by atoms with Crippen molar-refractivity contribution in [2.24, 2.45) is 5.73 Å². The Labute approximate surface area is 184 Å². The molecule has 28 heavy (non-hydrogen) atoms. The number of rotatable bonds is 13. The van der Waals surface area contributed by atoms with Gasteiger partial charge in [0.15, 0.2) is 0 Å². The Hall–Kier alpha value is -1.08. The van der Waals surface area contributed by atoms with Crippen molar-refractivity contribution in [3.8, 4) is 0 Å². The van der Waals surface area contributed by atoms with E-state index < -0.39 is 17.5 Å². The van der Waals surface area contributed by atoms with Crippen LogP contribution in [0.1, 0.15) is 46.0 Å². The van der Waals surface area contributed by atoms with E-state index in [4.69, 9.17) is 5.73 Å². The summed E-state index contributed by atoms with van der Waals surface area (Å²) in [6.45, 7) is 5.07. The van der Waals surface area contributed by atoms with Crippen LogP contribution in [-0.2, 0) is 14.4 Å². The lowest BCUT2D eigenvalue weighted by atomic mass is 10.1. The Morgan fingerprint density at radius 3 is 2.46 bits per heavy atom. The summed E-state index contributed by atoms with van der Waals surface area (Å²) in [7, 11) is 0. The van der Waals surface area contributed by atoms with Crippen LogP contribution in [0.15, 0.2) is 0 Å². The van der Waals surface area contributed by atoms with E-state index in [1.54, 1.807) is 48.5 Å². The molecule has 0 spiro atoms. The molecule has 1 fully saturated rings. The first-order valence-electron chi connectivity index (χ1n) is 9.36. The number of nitrogens with two attached hydrogens (primary N) is 1. The normalized spacial score (nSPS) is 17.1. The monoisotopic (exact) mass is 527 g/mol. The molecule has 1 aliphatic rings. The first kappa shape index (κ1) is 25.0. The summed E-state index contributed by atoms with van der Waals surface area (Å²) in [5, 5.41) is 8.23. The maximum absolute atomic E-state index is 11.8. The number of imide groups is 1. The van der Waals surface area contributed by atoms with Gasteiger partial charge in [-0.2, -0.15) is 0 Å². The Balaban J connectivity index is 1.92. The SMILES string of the molecule is CC(C)(NC(=O)NCCNCCCCCCSC1CC(=O)N(I)C1=O)C(N)=O. The summed E-state index contributed by atoms with van der Waals surface area (Å²) in [5.41, 5.74) is 4.12. The Morgan fingerprint density at radius 2 is 1.86 bits per heavy atom. The maximum Gasteiger partial charge on any atom is 0.315 e. The van der Waals surface area contributed by atoms with Gasteiger partial charge in [0.1, 0.15) is 5.54 Å². The van der Waals surface area contributed by atoms with Crippen molar-refractivity contribution in [3.63, 3.8) is 0 Å². The Kier molecular flexibility index (Phi) is 11.1. The van der Waals surface area contributed by atoms with Gasteiger partial charge in [0.05, 0.1) is 28.1 Å². The van der Waals surface area contributed by atoms with Crippen LogP contribution in [0.25, 0.3) is 0 Å². The quantitative estimate of drug-likeness (QED) is 0.122. The van der Waals surface area contributed by atoms with Gasteiger partial charge in [0.25, 0.3) is 5.91 Å². The fourth-order valence-electron chi connectivity index (χ4n) is 2.42. The van der Waals surface area contributed by atoms with Gasteiger partial charge in [-0.3, -0.25) is 14.4 Å².